The molecule has 2 heterocycles. The van der Waals surface area contributed by atoms with E-state index in [0.29, 0.717) is 12.5 Å². The van der Waals surface area contributed by atoms with E-state index in [-0.39, 0.29) is 5.69 Å². The minimum Gasteiger partial charge on any atom is -0.299 e. The van der Waals surface area contributed by atoms with Crippen molar-refractivity contribution in [1.82, 2.24) is 29.3 Å². The molecule has 154 valence electrons. The molecule has 0 aliphatic rings. The van der Waals surface area contributed by atoms with Gasteiger partial charge in [-0.25, -0.2) is 4.79 Å². The average molecular weight is 403 g/mol. The van der Waals surface area contributed by atoms with Crippen LogP contribution < -0.4 is 5.69 Å². The molecule has 0 atom stereocenters. The second-order valence-corrected chi connectivity index (χ2v) is 7.86. The van der Waals surface area contributed by atoms with Crippen LogP contribution in [-0.2, 0) is 19.5 Å². The van der Waals surface area contributed by atoms with E-state index in [2.05, 4.69) is 66.6 Å². The van der Waals surface area contributed by atoms with E-state index < -0.39 is 0 Å². The van der Waals surface area contributed by atoms with Crippen LogP contribution in [0, 0.1) is 5.92 Å². The molecular formula is C23H26N6O. The molecule has 0 saturated heterocycles. The van der Waals surface area contributed by atoms with Gasteiger partial charge in [-0.3, -0.25) is 9.13 Å². The molecule has 0 aliphatic heterocycles. The molecule has 0 spiro atoms. The number of para-hydroxylation sites is 1. The van der Waals surface area contributed by atoms with Crippen molar-refractivity contribution in [2.75, 3.05) is 0 Å². The van der Waals surface area contributed by atoms with Gasteiger partial charge in [0.1, 0.15) is 6.33 Å². The summed E-state index contributed by atoms with van der Waals surface area (Å²) in [6, 6.07) is 16.3. The van der Waals surface area contributed by atoms with Crippen molar-refractivity contribution in [2.45, 2.75) is 40.3 Å². The first kappa shape index (κ1) is 19.8. The van der Waals surface area contributed by atoms with Gasteiger partial charge in [0.2, 0.25) is 0 Å². The predicted molar refractivity (Wildman–Crippen MR) is 117 cm³/mol. The summed E-state index contributed by atoms with van der Waals surface area (Å²) >= 11 is 0. The van der Waals surface area contributed by atoms with E-state index in [4.69, 9.17) is 0 Å². The van der Waals surface area contributed by atoms with Crippen molar-refractivity contribution in [1.29, 1.82) is 0 Å². The van der Waals surface area contributed by atoms with Crippen molar-refractivity contribution in [3.63, 3.8) is 0 Å². The van der Waals surface area contributed by atoms with Crippen LogP contribution in [0.25, 0.3) is 16.8 Å². The zero-order chi connectivity index (χ0) is 21.1. The molecule has 0 unspecified atom stereocenters. The largest absolute Gasteiger partial charge is 0.328 e. The molecule has 2 aromatic heterocycles. The summed E-state index contributed by atoms with van der Waals surface area (Å²) in [5.41, 5.74) is 5.27. The lowest BCUT2D eigenvalue weighted by molar-refractivity contribution is 0.503. The zero-order valence-corrected chi connectivity index (χ0v) is 17.6. The van der Waals surface area contributed by atoms with E-state index >= 15 is 0 Å². The smallest absolute Gasteiger partial charge is 0.299 e. The maximum Gasteiger partial charge on any atom is 0.328 e. The number of nitrogens with zero attached hydrogens (tertiary/aromatic N) is 6. The second kappa shape index (κ2) is 8.49. The summed E-state index contributed by atoms with van der Waals surface area (Å²) < 4.78 is 5.38. The van der Waals surface area contributed by atoms with Gasteiger partial charge < -0.3 is 0 Å². The lowest BCUT2D eigenvalue weighted by Crippen LogP contribution is -2.26. The Morgan fingerprint density at radius 1 is 1.03 bits per heavy atom. The van der Waals surface area contributed by atoms with E-state index in [1.54, 1.807) is 11.0 Å². The minimum atomic E-state index is 0.0636. The Hall–Kier alpha value is -3.48. The summed E-state index contributed by atoms with van der Waals surface area (Å²) in [7, 11) is 0. The Labute approximate surface area is 175 Å². The van der Waals surface area contributed by atoms with Gasteiger partial charge in [0, 0.05) is 24.0 Å². The Bertz CT molecular complexity index is 1170. The highest BCUT2D eigenvalue weighted by atomic mass is 16.1. The van der Waals surface area contributed by atoms with E-state index in [0.717, 1.165) is 41.0 Å². The fraction of sp³-hybridized carbons (Fsp3) is 0.304. The van der Waals surface area contributed by atoms with Crippen molar-refractivity contribution in [3.05, 3.63) is 82.8 Å². The quantitative estimate of drug-likeness (QED) is 0.474. The summed E-state index contributed by atoms with van der Waals surface area (Å²) in [5, 5.41) is 11.5. The normalized spacial score (nSPS) is 11.3. The number of hydrogen-bond acceptors (Lipinski definition) is 4. The molecule has 4 aromatic rings. The number of imidazole rings is 1. The SMILES string of the molecule is CCc1cn(CC(C)C)c(=O)n1Cc1ccc(-c2ccccc2-n2cnnn2)cc1. The molecule has 2 aromatic carbocycles. The molecule has 30 heavy (non-hydrogen) atoms. The molecule has 4 rings (SSSR count). The molecule has 0 radical (unpaired) electrons. The van der Waals surface area contributed by atoms with Gasteiger partial charge in [0.05, 0.1) is 12.2 Å². The van der Waals surface area contributed by atoms with Crippen LogP contribution in [0.15, 0.2) is 65.8 Å². The molecule has 0 N–H and O–H groups in total. The van der Waals surface area contributed by atoms with Crippen LogP contribution in [0.1, 0.15) is 32.0 Å². The predicted octanol–water partition coefficient (Wildman–Crippen LogP) is 3.56. The molecule has 7 heteroatoms. The Morgan fingerprint density at radius 2 is 1.80 bits per heavy atom. The molecule has 0 amide bonds. The Balaban J connectivity index is 1.62. The van der Waals surface area contributed by atoms with Gasteiger partial charge in [-0.15, -0.1) is 5.10 Å². The topological polar surface area (TPSA) is 70.5 Å². The third-order valence-electron chi connectivity index (χ3n) is 5.16. The summed E-state index contributed by atoms with van der Waals surface area (Å²) in [6.07, 6.45) is 4.42. The lowest BCUT2D eigenvalue weighted by Gasteiger charge is -2.10. The van der Waals surface area contributed by atoms with Crippen molar-refractivity contribution < 1.29 is 0 Å². The number of aromatic nitrogens is 6. The van der Waals surface area contributed by atoms with Crippen LogP contribution in [0.4, 0.5) is 0 Å². The van der Waals surface area contributed by atoms with Gasteiger partial charge in [-0.05, 0) is 40.0 Å². The van der Waals surface area contributed by atoms with Crippen LogP contribution in [0.3, 0.4) is 0 Å². The van der Waals surface area contributed by atoms with Gasteiger partial charge in [-0.2, -0.15) is 4.68 Å². The monoisotopic (exact) mass is 402 g/mol. The minimum absolute atomic E-state index is 0.0636. The van der Waals surface area contributed by atoms with Crippen LogP contribution >= 0.6 is 0 Å². The highest BCUT2D eigenvalue weighted by molar-refractivity contribution is 5.72. The first-order valence-corrected chi connectivity index (χ1v) is 10.3. The van der Waals surface area contributed by atoms with Crippen LogP contribution in [0.5, 0.6) is 0 Å². The molecule has 7 nitrogen and oxygen atoms in total. The summed E-state index contributed by atoms with van der Waals surface area (Å²) in [6.45, 7) is 7.65. The highest BCUT2D eigenvalue weighted by Gasteiger charge is 2.12. The van der Waals surface area contributed by atoms with E-state index in [9.17, 15) is 4.79 Å². The first-order chi connectivity index (χ1) is 14.6. The second-order valence-electron chi connectivity index (χ2n) is 7.86. The number of tetrazole rings is 1. The van der Waals surface area contributed by atoms with Crippen molar-refractivity contribution in [2.24, 2.45) is 5.92 Å². The van der Waals surface area contributed by atoms with Gasteiger partial charge in [0.15, 0.2) is 0 Å². The third kappa shape index (κ3) is 3.96. The summed E-state index contributed by atoms with van der Waals surface area (Å²) in [5.74, 6) is 0.433. The lowest BCUT2D eigenvalue weighted by atomic mass is 10.0. The van der Waals surface area contributed by atoms with Gasteiger partial charge in [0.25, 0.3) is 0 Å². The highest BCUT2D eigenvalue weighted by Crippen LogP contribution is 2.26. The molecule has 0 saturated carbocycles. The van der Waals surface area contributed by atoms with Crippen LogP contribution in [-0.4, -0.2) is 29.3 Å². The Kier molecular flexibility index (Phi) is 5.61. The van der Waals surface area contributed by atoms with Crippen molar-refractivity contribution in [3.8, 4) is 16.8 Å². The number of aryl methyl sites for hydroxylation is 1. The standard InChI is InChI=1S/C23H26N6O/c1-4-20-15-27(13-17(2)3)23(30)28(20)14-18-9-11-19(12-10-18)21-7-5-6-8-22(21)29-16-24-25-26-29/h5-12,15-17H,4,13-14H2,1-3H3. The van der Waals surface area contributed by atoms with Crippen molar-refractivity contribution >= 4 is 0 Å². The third-order valence-corrected chi connectivity index (χ3v) is 5.16. The molecule has 0 aliphatic carbocycles. The zero-order valence-electron chi connectivity index (χ0n) is 17.6. The molecular weight excluding hydrogens is 376 g/mol. The van der Waals surface area contributed by atoms with E-state index in [1.165, 1.54) is 0 Å². The fourth-order valence-corrected chi connectivity index (χ4v) is 3.72. The average Bonchev–Trinajstić information content (AvgIpc) is 3.38. The number of hydrogen-bond donors (Lipinski definition) is 0. The van der Waals surface area contributed by atoms with Gasteiger partial charge in [-0.1, -0.05) is 63.2 Å². The van der Waals surface area contributed by atoms with Gasteiger partial charge >= 0.3 is 5.69 Å². The maximum absolute atomic E-state index is 12.9. The van der Waals surface area contributed by atoms with E-state index in [1.807, 2.05) is 33.5 Å². The Morgan fingerprint density at radius 3 is 2.47 bits per heavy atom. The summed E-state index contributed by atoms with van der Waals surface area (Å²) in [4.78, 5) is 12.9. The number of benzene rings is 2. The molecule has 0 fully saturated rings. The first-order valence-electron chi connectivity index (χ1n) is 10.3. The maximum atomic E-state index is 12.9. The fourth-order valence-electron chi connectivity index (χ4n) is 3.72. The number of rotatable bonds is 7. The van der Waals surface area contributed by atoms with Crippen LogP contribution in [0.2, 0.25) is 0 Å². The molecule has 0 bridgehead atoms.